The first-order valence-electron chi connectivity index (χ1n) is 20.7. The number of hydrogen-bond donors (Lipinski definition) is 2. The molecule has 1 atom stereocenters. The number of piperidine rings is 2. The summed E-state index contributed by atoms with van der Waals surface area (Å²) in [4.78, 5) is 57.6. The molecule has 1 aliphatic carbocycles. The number of halogens is 2. The Morgan fingerprint density at radius 1 is 0.950 bits per heavy atom. The Hall–Kier alpha value is -5.52. The van der Waals surface area contributed by atoms with Gasteiger partial charge in [0.25, 0.3) is 17.4 Å². The van der Waals surface area contributed by atoms with Gasteiger partial charge in [-0.25, -0.2) is 9.07 Å². The molecule has 60 heavy (non-hydrogen) atoms. The van der Waals surface area contributed by atoms with Crippen molar-refractivity contribution < 1.29 is 23.5 Å². The predicted octanol–water partition coefficient (Wildman–Crippen LogP) is 5.69. The summed E-state index contributed by atoms with van der Waals surface area (Å²) in [6, 6.07) is 16.5. The molecule has 3 aliphatic heterocycles. The Bertz CT molecular complexity index is 2430. The van der Waals surface area contributed by atoms with Crippen LogP contribution in [-0.2, 0) is 9.59 Å². The van der Waals surface area contributed by atoms with Crippen LogP contribution in [0.15, 0.2) is 65.6 Å². The maximum atomic E-state index is 15.7. The number of nitriles is 1. The minimum Gasteiger partial charge on any atom is -0.489 e. The van der Waals surface area contributed by atoms with Gasteiger partial charge in [-0.05, 0) is 73.7 Å². The summed E-state index contributed by atoms with van der Waals surface area (Å²) in [6.45, 7) is 14.1. The average molecular weight is 837 g/mol. The molecule has 4 heterocycles. The van der Waals surface area contributed by atoms with E-state index in [1.807, 2.05) is 39.8 Å². The first-order valence-corrected chi connectivity index (χ1v) is 21.1. The standard InChI is InChI=1S/C45H50ClFN8O5/c1-44(2)42(45(3,4)43(44)60-32-8-5-29(24-48)34(46)23-32)51-39(57)28-6-10-36(35(47)22-28)54-15-13-27(14-16-54)26-52-17-19-53(20-18-52)31-7-9-33-30(21-31)25-49-55(41(33)59)37-11-12-38(56)50-40(37)58/h5-10,21-23,25,27,37,42-43H,11-20,26H2,1-4H3,(H,51,57)(H,50,56,58)/t37-,42-,43-/m0/s1. The first kappa shape index (κ1) is 41.2. The number of benzene rings is 3. The van der Waals surface area contributed by atoms with Gasteiger partial charge in [0, 0.05) is 91.8 Å². The number of ether oxygens (including phenoxy) is 1. The highest BCUT2D eigenvalue weighted by atomic mass is 35.5. The topological polar surface area (TPSA) is 153 Å². The van der Waals surface area contributed by atoms with E-state index in [1.54, 1.807) is 42.6 Å². The van der Waals surface area contributed by atoms with Crippen molar-refractivity contribution in [1.82, 2.24) is 25.3 Å². The van der Waals surface area contributed by atoms with Crippen molar-refractivity contribution in [2.75, 3.05) is 55.6 Å². The second kappa shape index (κ2) is 16.2. The van der Waals surface area contributed by atoms with E-state index in [1.165, 1.54) is 10.7 Å². The fourth-order valence-electron chi connectivity index (χ4n) is 10.1. The highest BCUT2D eigenvalue weighted by molar-refractivity contribution is 6.31. The second-order valence-corrected chi connectivity index (χ2v) is 18.2. The number of hydrogen-bond acceptors (Lipinski definition) is 10. The van der Waals surface area contributed by atoms with E-state index in [4.69, 9.17) is 16.3 Å². The highest BCUT2D eigenvalue weighted by Gasteiger charge is 2.64. The monoisotopic (exact) mass is 836 g/mol. The molecule has 314 valence electrons. The molecule has 1 aromatic heterocycles. The molecule has 3 aromatic carbocycles. The number of fused-ring (bicyclic) bond motifs is 1. The molecule has 1 saturated carbocycles. The van der Waals surface area contributed by atoms with Crippen molar-refractivity contribution in [3.63, 3.8) is 0 Å². The number of aromatic nitrogens is 2. The van der Waals surface area contributed by atoms with E-state index in [0.29, 0.717) is 38.7 Å². The van der Waals surface area contributed by atoms with Crippen molar-refractivity contribution in [2.45, 2.75) is 71.6 Å². The third-order valence-corrected chi connectivity index (χ3v) is 13.5. The van der Waals surface area contributed by atoms with E-state index in [0.717, 1.165) is 64.3 Å². The van der Waals surface area contributed by atoms with Gasteiger partial charge in [0.15, 0.2) is 0 Å². The molecule has 3 saturated heterocycles. The molecule has 0 bridgehead atoms. The maximum Gasteiger partial charge on any atom is 0.275 e. The number of rotatable bonds is 9. The summed E-state index contributed by atoms with van der Waals surface area (Å²) in [5, 5.41) is 20.5. The van der Waals surface area contributed by atoms with Crippen LogP contribution in [0.4, 0.5) is 15.8 Å². The van der Waals surface area contributed by atoms with E-state index < -0.39 is 28.6 Å². The minimum atomic E-state index is -0.799. The van der Waals surface area contributed by atoms with Gasteiger partial charge in [-0.15, -0.1) is 0 Å². The van der Waals surface area contributed by atoms with Gasteiger partial charge < -0.3 is 19.9 Å². The third kappa shape index (κ3) is 7.81. The largest absolute Gasteiger partial charge is 0.489 e. The summed E-state index contributed by atoms with van der Waals surface area (Å²) in [7, 11) is 0. The molecular formula is C45H50ClFN8O5. The molecule has 0 radical (unpaired) electrons. The number of imide groups is 1. The number of nitrogens with zero attached hydrogens (tertiary/aromatic N) is 6. The highest BCUT2D eigenvalue weighted by Crippen LogP contribution is 2.55. The van der Waals surface area contributed by atoms with Crippen LogP contribution in [0.2, 0.25) is 5.02 Å². The quantitative estimate of drug-likeness (QED) is 0.201. The number of carbonyl (C=O) groups excluding carboxylic acids is 3. The zero-order chi connectivity index (χ0) is 42.5. The Labute approximate surface area is 353 Å². The molecule has 3 amide bonds. The van der Waals surface area contributed by atoms with Gasteiger partial charge in [0.05, 0.1) is 27.9 Å². The normalized spacial score (nSPS) is 23.1. The van der Waals surface area contributed by atoms with Crippen LogP contribution in [0.1, 0.15) is 75.3 Å². The molecule has 13 nitrogen and oxygen atoms in total. The van der Waals surface area contributed by atoms with Gasteiger partial charge in [0.2, 0.25) is 5.91 Å². The minimum absolute atomic E-state index is 0.170. The lowest BCUT2D eigenvalue weighted by atomic mass is 9.49. The summed E-state index contributed by atoms with van der Waals surface area (Å²) < 4.78 is 23.2. The lowest BCUT2D eigenvalue weighted by molar-refractivity contribution is -0.164. The summed E-state index contributed by atoms with van der Waals surface area (Å²) in [5.41, 5.74) is 0.943. The van der Waals surface area contributed by atoms with Gasteiger partial charge >= 0.3 is 0 Å². The Morgan fingerprint density at radius 2 is 1.68 bits per heavy atom. The van der Waals surface area contributed by atoms with Crippen molar-refractivity contribution >= 4 is 51.5 Å². The molecule has 8 rings (SSSR count). The van der Waals surface area contributed by atoms with Crippen LogP contribution < -0.4 is 30.7 Å². The smallest absolute Gasteiger partial charge is 0.275 e. The molecule has 0 unspecified atom stereocenters. The zero-order valence-corrected chi connectivity index (χ0v) is 35.1. The SMILES string of the molecule is CC1(C)[C@H](NC(=O)c2ccc(N3CCC(CN4CCN(c5ccc6c(=O)n([C@H]7CCC(=O)NC7=O)ncc6c5)CC4)CC3)c(F)c2)C(C)(C)[C@H]1Oc1ccc(C#N)c(Cl)c1. The van der Waals surface area contributed by atoms with Gasteiger partial charge in [-0.1, -0.05) is 39.3 Å². The molecule has 4 aromatic rings. The van der Waals surface area contributed by atoms with Gasteiger partial charge in [-0.2, -0.15) is 10.4 Å². The number of nitrogens with one attached hydrogen (secondary N) is 2. The molecule has 2 N–H and O–H groups in total. The second-order valence-electron chi connectivity index (χ2n) is 17.8. The fourth-order valence-corrected chi connectivity index (χ4v) is 10.3. The molecule has 4 fully saturated rings. The van der Waals surface area contributed by atoms with Crippen LogP contribution in [0.5, 0.6) is 5.75 Å². The number of piperazine rings is 1. The average Bonchev–Trinajstić information content (AvgIpc) is 3.22. The molecule has 15 heteroatoms. The van der Waals surface area contributed by atoms with Crippen molar-refractivity contribution in [2.24, 2.45) is 16.7 Å². The Kier molecular flexibility index (Phi) is 11.1. The third-order valence-electron chi connectivity index (χ3n) is 13.1. The van der Waals surface area contributed by atoms with Crippen LogP contribution in [0.25, 0.3) is 10.8 Å². The molecule has 4 aliphatic rings. The van der Waals surface area contributed by atoms with Crippen LogP contribution in [0.3, 0.4) is 0 Å². The summed E-state index contributed by atoms with van der Waals surface area (Å²) in [6.07, 6.45) is 3.67. The summed E-state index contributed by atoms with van der Waals surface area (Å²) in [5.74, 6) is -0.534. The van der Waals surface area contributed by atoms with Gasteiger partial charge in [-0.3, -0.25) is 29.4 Å². The van der Waals surface area contributed by atoms with Crippen LogP contribution in [0, 0.1) is 33.9 Å². The fraction of sp³-hybridized carbons (Fsp3) is 0.467. The van der Waals surface area contributed by atoms with E-state index in [-0.39, 0.29) is 47.9 Å². The summed E-state index contributed by atoms with van der Waals surface area (Å²) >= 11 is 6.24. The molecular weight excluding hydrogens is 787 g/mol. The lowest BCUT2D eigenvalue weighted by Crippen LogP contribution is -2.74. The van der Waals surface area contributed by atoms with Gasteiger partial charge in [0.1, 0.15) is 29.8 Å². The van der Waals surface area contributed by atoms with Crippen molar-refractivity contribution in [3.05, 3.63) is 93.1 Å². The van der Waals surface area contributed by atoms with Crippen LogP contribution in [-0.4, -0.2) is 90.4 Å². The molecule has 0 spiro atoms. The Balaban J connectivity index is 0.808. The van der Waals surface area contributed by atoms with E-state index in [2.05, 4.69) is 36.5 Å². The lowest BCUT2D eigenvalue weighted by Gasteiger charge is -2.63. The first-order chi connectivity index (χ1) is 28.6. The van der Waals surface area contributed by atoms with E-state index in [9.17, 15) is 24.4 Å². The predicted molar refractivity (Wildman–Crippen MR) is 227 cm³/mol. The van der Waals surface area contributed by atoms with Crippen molar-refractivity contribution in [3.8, 4) is 11.8 Å². The number of amides is 3. The number of carbonyl (C=O) groups is 3. The van der Waals surface area contributed by atoms with Crippen molar-refractivity contribution in [1.29, 1.82) is 5.26 Å². The van der Waals surface area contributed by atoms with Crippen LogP contribution >= 0.6 is 11.6 Å². The van der Waals surface area contributed by atoms with E-state index >= 15 is 4.39 Å². The zero-order valence-electron chi connectivity index (χ0n) is 34.3. The Morgan fingerprint density at radius 3 is 2.35 bits per heavy atom. The number of anilines is 2. The maximum absolute atomic E-state index is 15.7.